The summed E-state index contributed by atoms with van der Waals surface area (Å²) in [5, 5.41) is 12.6. The van der Waals surface area contributed by atoms with Crippen LogP contribution in [0, 0.1) is 0 Å². The van der Waals surface area contributed by atoms with Crippen LogP contribution in [0.25, 0.3) is 0 Å². The van der Waals surface area contributed by atoms with E-state index < -0.39 is 12.0 Å². The number of amides is 1. The summed E-state index contributed by atoms with van der Waals surface area (Å²) < 4.78 is 0. The highest BCUT2D eigenvalue weighted by Crippen LogP contribution is 2.13. The SMILES string of the molecule is NC(=O)C(O)CNCc1ccccc1Cl. The molecule has 0 aliphatic carbocycles. The zero-order valence-corrected chi connectivity index (χ0v) is 8.87. The normalized spacial score (nSPS) is 12.4. The second kappa shape index (κ2) is 5.70. The predicted octanol–water partition coefficient (Wildman–Crippen LogP) is 0.276. The summed E-state index contributed by atoms with van der Waals surface area (Å²) in [6, 6.07) is 7.35. The smallest absolute Gasteiger partial charge is 0.247 e. The molecular formula is C10H13ClN2O2. The van der Waals surface area contributed by atoms with E-state index in [1.165, 1.54) is 0 Å². The van der Waals surface area contributed by atoms with E-state index in [0.717, 1.165) is 5.56 Å². The molecule has 0 spiro atoms. The van der Waals surface area contributed by atoms with E-state index in [4.69, 9.17) is 22.4 Å². The van der Waals surface area contributed by atoms with Gasteiger partial charge in [-0.15, -0.1) is 0 Å². The number of aliphatic hydroxyl groups is 1. The minimum atomic E-state index is -1.16. The molecule has 15 heavy (non-hydrogen) atoms. The molecule has 1 amide bonds. The van der Waals surface area contributed by atoms with E-state index in [2.05, 4.69) is 5.32 Å². The molecule has 1 unspecified atom stereocenters. The van der Waals surface area contributed by atoms with Crippen molar-refractivity contribution in [2.75, 3.05) is 6.54 Å². The Balaban J connectivity index is 2.38. The number of halogens is 1. The zero-order valence-electron chi connectivity index (χ0n) is 8.11. The molecule has 1 aromatic rings. The lowest BCUT2D eigenvalue weighted by Crippen LogP contribution is -2.37. The van der Waals surface area contributed by atoms with Crippen LogP contribution < -0.4 is 11.1 Å². The lowest BCUT2D eigenvalue weighted by Gasteiger charge is -2.09. The number of primary amides is 1. The summed E-state index contributed by atoms with van der Waals surface area (Å²) in [7, 11) is 0. The van der Waals surface area contributed by atoms with Crippen molar-refractivity contribution in [3.8, 4) is 0 Å². The summed E-state index contributed by atoms with van der Waals surface area (Å²) in [4.78, 5) is 10.5. The molecule has 0 fully saturated rings. The number of rotatable bonds is 5. The van der Waals surface area contributed by atoms with Crippen LogP contribution in [-0.4, -0.2) is 23.7 Å². The summed E-state index contributed by atoms with van der Waals surface area (Å²) >= 11 is 5.91. The second-order valence-electron chi connectivity index (χ2n) is 3.14. The number of nitrogens with two attached hydrogens (primary N) is 1. The van der Waals surface area contributed by atoms with Crippen molar-refractivity contribution in [1.82, 2.24) is 5.32 Å². The van der Waals surface area contributed by atoms with Crippen LogP contribution in [-0.2, 0) is 11.3 Å². The molecule has 0 aliphatic rings. The number of carbonyl (C=O) groups excluding carboxylic acids is 1. The number of nitrogens with one attached hydrogen (secondary N) is 1. The third kappa shape index (κ3) is 3.87. The third-order valence-corrected chi connectivity index (χ3v) is 2.31. The topological polar surface area (TPSA) is 75.4 Å². The van der Waals surface area contributed by atoms with E-state index >= 15 is 0 Å². The molecule has 82 valence electrons. The maximum Gasteiger partial charge on any atom is 0.247 e. The molecule has 0 saturated heterocycles. The highest BCUT2D eigenvalue weighted by atomic mass is 35.5. The van der Waals surface area contributed by atoms with Crippen molar-refractivity contribution in [3.63, 3.8) is 0 Å². The fraction of sp³-hybridized carbons (Fsp3) is 0.300. The number of benzene rings is 1. The standard InChI is InChI=1S/C10H13ClN2O2/c11-8-4-2-1-3-7(8)5-13-6-9(14)10(12)15/h1-4,9,13-14H,5-6H2,(H2,12,15). The fourth-order valence-corrected chi connectivity index (χ4v) is 1.29. The van der Waals surface area contributed by atoms with Gasteiger partial charge in [0.05, 0.1) is 0 Å². The van der Waals surface area contributed by atoms with Gasteiger partial charge < -0.3 is 16.2 Å². The first-order valence-corrected chi connectivity index (χ1v) is 4.90. The summed E-state index contributed by atoms with van der Waals surface area (Å²) in [6.07, 6.45) is -1.16. The van der Waals surface area contributed by atoms with Crippen LogP contribution >= 0.6 is 11.6 Å². The molecule has 0 aromatic heterocycles. The van der Waals surface area contributed by atoms with E-state index in [-0.39, 0.29) is 6.54 Å². The number of hydrogen-bond acceptors (Lipinski definition) is 3. The van der Waals surface area contributed by atoms with Gasteiger partial charge in [0, 0.05) is 18.1 Å². The zero-order chi connectivity index (χ0) is 11.3. The summed E-state index contributed by atoms with van der Waals surface area (Å²) in [6.45, 7) is 0.616. The van der Waals surface area contributed by atoms with E-state index in [9.17, 15) is 4.79 Å². The van der Waals surface area contributed by atoms with Crippen molar-refractivity contribution < 1.29 is 9.90 Å². The van der Waals surface area contributed by atoms with E-state index in [1.54, 1.807) is 6.07 Å². The first-order chi connectivity index (χ1) is 7.11. The Hall–Kier alpha value is -1.10. The van der Waals surface area contributed by atoms with Crippen LogP contribution in [0.5, 0.6) is 0 Å². The van der Waals surface area contributed by atoms with Crippen LogP contribution in [0.1, 0.15) is 5.56 Å². The van der Waals surface area contributed by atoms with Crippen LogP contribution in [0.4, 0.5) is 0 Å². The Morgan fingerprint density at radius 2 is 2.20 bits per heavy atom. The molecule has 1 rings (SSSR count). The largest absolute Gasteiger partial charge is 0.382 e. The van der Waals surface area contributed by atoms with Crippen LogP contribution in [0.2, 0.25) is 5.02 Å². The molecule has 0 saturated carbocycles. The Morgan fingerprint density at radius 1 is 1.53 bits per heavy atom. The van der Waals surface area contributed by atoms with Gasteiger partial charge in [-0.3, -0.25) is 4.79 Å². The molecule has 0 radical (unpaired) electrons. The quantitative estimate of drug-likeness (QED) is 0.678. The molecule has 1 aromatic carbocycles. The highest BCUT2D eigenvalue weighted by Gasteiger charge is 2.09. The highest BCUT2D eigenvalue weighted by molar-refractivity contribution is 6.31. The van der Waals surface area contributed by atoms with Gasteiger partial charge in [-0.25, -0.2) is 0 Å². The van der Waals surface area contributed by atoms with Gasteiger partial charge in [-0.2, -0.15) is 0 Å². The van der Waals surface area contributed by atoms with Gasteiger partial charge in [0.1, 0.15) is 6.10 Å². The number of aliphatic hydroxyl groups excluding tert-OH is 1. The Morgan fingerprint density at radius 3 is 2.80 bits per heavy atom. The molecular weight excluding hydrogens is 216 g/mol. The van der Waals surface area contributed by atoms with Crippen molar-refractivity contribution in [2.45, 2.75) is 12.6 Å². The van der Waals surface area contributed by atoms with E-state index in [1.807, 2.05) is 18.2 Å². The van der Waals surface area contributed by atoms with E-state index in [0.29, 0.717) is 11.6 Å². The maximum atomic E-state index is 10.5. The first kappa shape index (κ1) is 12.0. The fourth-order valence-electron chi connectivity index (χ4n) is 1.09. The Bertz CT molecular complexity index is 344. The van der Waals surface area contributed by atoms with Gasteiger partial charge in [0.2, 0.25) is 5.91 Å². The molecule has 4 N–H and O–H groups in total. The lowest BCUT2D eigenvalue weighted by atomic mass is 10.2. The predicted molar refractivity (Wildman–Crippen MR) is 58.4 cm³/mol. The van der Waals surface area contributed by atoms with Gasteiger partial charge in [-0.1, -0.05) is 29.8 Å². The minimum Gasteiger partial charge on any atom is -0.382 e. The molecule has 0 bridgehead atoms. The monoisotopic (exact) mass is 228 g/mol. The summed E-state index contributed by atoms with van der Waals surface area (Å²) in [5.41, 5.74) is 5.80. The van der Waals surface area contributed by atoms with Gasteiger partial charge >= 0.3 is 0 Å². The number of hydrogen-bond donors (Lipinski definition) is 3. The molecule has 0 aliphatic heterocycles. The lowest BCUT2D eigenvalue weighted by molar-refractivity contribution is -0.125. The maximum absolute atomic E-state index is 10.5. The van der Waals surface area contributed by atoms with Crippen LogP contribution in [0.15, 0.2) is 24.3 Å². The Kier molecular flexibility index (Phi) is 4.55. The molecule has 1 atom stereocenters. The van der Waals surface area contributed by atoms with Crippen molar-refractivity contribution in [3.05, 3.63) is 34.9 Å². The Labute approximate surface area is 93.0 Å². The molecule has 4 nitrogen and oxygen atoms in total. The summed E-state index contributed by atoms with van der Waals surface area (Å²) in [5.74, 6) is -0.735. The number of carbonyl (C=O) groups is 1. The third-order valence-electron chi connectivity index (χ3n) is 1.94. The molecule has 5 heteroatoms. The van der Waals surface area contributed by atoms with Gasteiger partial charge in [0.15, 0.2) is 0 Å². The molecule has 0 heterocycles. The van der Waals surface area contributed by atoms with Gasteiger partial charge in [-0.05, 0) is 11.6 Å². The van der Waals surface area contributed by atoms with Crippen molar-refractivity contribution >= 4 is 17.5 Å². The average molecular weight is 229 g/mol. The van der Waals surface area contributed by atoms with Crippen molar-refractivity contribution in [2.24, 2.45) is 5.73 Å². The van der Waals surface area contributed by atoms with Gasteiger partial charge in [0.25, 0.3) is 0 Å². The minimum absolute atomic E-state index is 0.126. The van der Waals surface area contributed by atoms with Crippen molar-refractivity contribution in [1.29, 1.82) is 0 Å². The second-order valence-corrected chi connectivity index (χ2v) is 3.55. The average Bonchev–Trinajstić information content (AvgIpc) is 2.20. The van der Waals surface area contributed by atoms with Crippen LogP contribution in [0.3, 0.4) is 0 Å². The first-order valence-electron chi connectivity index (χ1n) is 4.52.